The second-order valence-electron chi connectivity index (χ2n) is 7.56. The van der Waals surface area contributed by atoms with Gasteiger partial charge in [0.1, 0.15) is 11.6 Å². The highest BCUT2D eigenvalue weighted by molar-refractivity contribution is 7.89. The quantitative estimate of drug-likeness (QED) is 0.542. The van der Waals surface area contributed by atoms with Crippen LogP contribution in [0.15, 0.2) is 71.8 Å². The monoisotopic (exact) mass is 489 g/mol. The Morgan fingerprint density at radius 1 is 1.03 bits per heavy atom. The summed E-state index contributed by atoms with van der Waals surface area (Å²) in [5.41, 5.74) is 0.502. The number of sulfonamides is 1. The van der Waals surface area contributed by atoms with Crippen LogP contribution in [-0.4, -0.2) is 36.7 Å². The molecule has 0 unspecified atom stereocenters. The Kier molecular flexibility index (Phi) is 6.92. The van der Waals surface area contributed by atoms with Gasteiger partial charge in [0.2, 0.25) is 21.8 Å². The van der Waals surface area contributed by atoms with E-state index < -0.39 is 10.0 Å². The van der Waals surface area contributed by atoms with Crippen LogP contribution in [0.2, 0.25) is 5.02 Å². The van der Waals surface area contributed by atoms with Crippen LogP contribution < -0.4 is 10.1 Å². The highest BCUT2D eigenvalue weighted by Crippen LogP contribution is 2.26. The average molecular weight is 490 g/mol. The van der Waals surface area contributed by atoms with Crippen LogP contribution in [0.1, 0.15) is 12.8 Å². The number of nitrogens with one attached hydrogen (secondary N) is 1. The van der Waals surface area contributed by atoms with Gasteiger partial charge in [-0.2, -0.15) is 4.31 Å². The van der Waals surface area contributed by atoms with Crippen LogP contribution in [-0.2, 0) is 14.8 Å². The number of rotatable bonds is 6. The van der Waals surface area contributed by atoms with Crippen LogP contribution in [0.3, 0.4) is 0 Å². The van der Waals surface area contributed by atoms with Crippen LogP contribution >= 0.6 is 11.6 Å². The fraction of sp³-hybridized carbons (Fsp3) is 0.217. The Morgan fingerprint density at radius 3 is 2.30 bits per heavy atom. The number of hydrogen-bond acceptors (Lipinski definition) is 5. The minimum atomic E-state index is -3.62. The fourth-order valence-electron chi connectivity index (χ4n) is 3.50. The third kappa shape index (κ3) is 5.68. The lowest BCUT2D eigenvalue weighted by Gasteiger charge is -2.30. The van der Waals surface area contributed by atoms with E-state index in [0.717, 1.165) is 0 Å². The number of benzene rings is 2. The van der Waals surface area contributed by atoms with Gasteiger partial charge in [0.15, 0.2) is 0 Å². The smallest absolute Gasteiger partial charge is 0.243 e. The summed E-state index contributed by atoms with van der Waals surface area (Å²) in [6.07, 6.45) is 2.30. The van der Waals surface area contributed by atoms with Gasteiger partial charge >= 0.3 is 0 Å². The Hall–Kier alpha value is -3.01. The van der Waals surface area contributed by atoms with Gasteiger partial charge in [0.05, 0.1) is 16.8 Å². The van der Waals surface area contributed by atoms with Crippen molar-refractivity contribution in [1.29, 1.82) is 0 Å². The third-order valence-corrected chi connectivity index (χ3v) is 7.48. The zero-order valence-electron chi connectivity index (χ0n) is 17.4. The summed E-state index contributed by atoms with van der Waals surface area (Å²) in [7, 11) is -3.62. The molecule has 0 radical (unpaired) electrons. The molecule has 1 aliphatic rings. The molecule has 0 saturated carbocycles. The number of carbonyl (C=O) groups is 1. The first-order valence-electron chi connectivity index (χ1n) is 10.3. The molecule has 0 atom stereocenters. The van der Waals surface area contributed by atoms with Crippen molar-refractivity contribution in [2.45, 2.75) is 17.7 Å². The largest absolute Gasteiger partial charge is 0.439 e. The van der Waals surface area contributed by atoms with Crippen molar-refractivity contribution in [3.05, 3.63) is 77.7 Å². The number of nitrogens with zero attached hydrogens (tertiary/aromatic N) is 2. The number of anilines is 1. The summed E-state index contributed by atoms with van der Waals surface area (Å²) in [5, 5.41) is 3.28. The molecule has 1 saturated heterocycles. The Bertz CT molecular complexity index is 1210. The van der Waals surface area contributed by atoms with Crippen molar-refractivity contribution in [2.75, 3.05) is 18.4 Å². The molecule has 0 aliphatic carbocycles. The molecule has 33 heavy (non-hydrogen) atoms. The van der Waals surface area contributed by atoms with Gasteiger partial charge in [-0.3, -0.25) is 4.79 Å². The van der Waals surface area contributed by atoms with Gasteiger partial charge in [0, 0.05) is 30.1 Å². The highest BCUT2D eigenvalue weighted by Gasteiger charge is 2.32. The summed E-state index contributed by atoms with van der Waals surface area (Å²) in [6.45, 7) is 0.511. The summed E-state index contributed by atoms with van der Waals surface area (Å²) < 4.78 is 45.5. The molecule has 0 spiro atoms. The number of amides is 1. The lowest BCUT2D eigenvalue weighted by Crippen LogP contribution is -2.41. The molecular weight excluding hydrogens is 469 g/mol. The molecule has 1 amide bonds. The molecular formula is C23H21ClFN3O4S. The SMILES string of the molecule is O=C(Nc1ccc(Oc2ccc(F)cc2)nc1)C1CCN(S(=O)(=O)c2ccc(Cl)cc2)CC1. The van der Waals surface area contributed by atoms with Gasteiger partial charge in [-0.05, 0) is 67.4 Å². The van der Waals surface area contributed by atoms with E-state index >= 15 is 0 Å². The zero-order chi connectivity index (χ0) is 23.4. The summed E-state index contributed by atoms with van der Waals surface area (Å²) in [4.78, 5) is 17.0. The van der Waals surface area contributed by atoms with Crippen molar-refractivity contribution in [1.82, 2.24) is 9.29 Å². The second-order valence-corrected chi connectivity index (χ2v) is 9.94. The normalized spacial score (nSPS) is 15.2. The molecule has 3 aromatic rings. The van der Waals surface area contributed by atoms with Crippen LogP contribution in [0.5, 0.6) is 11.6 Å². The summed E-state index contributed by atoms with van der Waals surface area (Å²) in [6, 6.07) is 14.9. The second kappa shape index (κ2) is 9.86. The molecule has 0 bridgehead atoms. The molecule has 2 heterocycles. The van der Waals surface area contributed by atoms with Crippen molar-refractivity contribution < 1.29 is 22.3 Å². The molecule has 2 aromatic carbocycles. The number of aromatic nitrogens is 1. The minimum Gasteiger partial charge on any atom is -0.439 e. The Labute approximate surface area is 196 Å². The molecule has 10 heteroatoms. The first kappa shape index (κ1) is 23.2. The number of carbonyl (C=O) groups excluding carboxylic acids is 1. The molecule has 1 fully saturated rings. The summed E-state index contributed by atoms with van der Waals surface area (Å²) >= 11 is 5.84. The molecule has 1 aliphatic heterocycles. The first-order valence-corrected chi connectivity index (χ1v) is 12.1. The number of piperidine rings is 1. The van der Waals surface area contributed by atoms with Crippen molar-refractivity contribution in [2.24, 2.45) is 5.92 Å². The van der Waals surface area contributed by atoms with Crippen LogP contribution in [0, 0.1) is 11.7 Å². The van der Waals surface area contributed by atoms with E-state index in [9.17, 15) is 17.6 Å². The van der Waals surface area contributed by atoms with Gasteiger partial charge in [-0.25, -0.2) is 17.8 Å². The number of pyridine rings is 1. The molecule has 1 N–H and O–H groups in total. The van der Waals surface area contributed by atoms with E-state index in [0.29, 0.717) is 35.2 Å². The number of halogens is 2. The first-order chi connectivity index (χ1) is 15.8. The average Bonchev–Trinajstić information content (AvgIpc) is 2.82. The van der Waals surface area contributed by atoms with E-state index in [2.05, 4.69) is 10.3 Å². The highest BCUT2D eigenvalue weighted by atomic mass is 35.5. The third-order valence-electron chi connectivity index (χ3n) is 5.32. The van der Waals surface area contributed by atoms with E-state index in [-0.39, 0.29) is 35.6 Å². The Balaban J connectivity index is 1.31. The minimum absolute atomic E-state index is 0.184. The maximum Gasteiger partial charge on any atom is 0.243 e. The molecule has 4 rings (SSSR count). The van der Waals surface area contributed by atoms with Gasteiger partial charge in [0.25, 0.3) is 0 Å². The van der Waals surface area contributed by atoms with Gasteiger partial charge in [-0.15, -0.1) is 0 Å². The standard InChI is InChI=1S/C23H21ClFN3O4S/c24-17-1-8-21(9-2-17)33(30,31)28-13-11-16(12-14-28)23(29)27-19-5-10-22(26-15-19)32-20-6-3-18(25)4-7-20/h1-10,15-16H,11-14H2,(H,27,29). The topological polar surface area (TPSA) is 88.6 Å². The molecule has 172 valence electrons. The van der Waals surface area contributed by atoms with E-state index in [4.69, 9.17) is 16.3 Å². The number of hydrogen-bond donors (Lipinski definition) is 1. The summed E-state index contributed by atoms with van der Waals surface area (Å²) in [5.74, 6) is -0.104. The fourth-order valence-corrected chi connectivity index (χ4v) is 5.09. The van der Waals surface area contributed by atoms with E-state index in [1.165, 1.54) is 46.9 Å². The molecule has 7 nitrogen and oxygen atoms in total. The predicted molar refractivity (Wildman–Crippen MR) is 122 cm³/mol. The van der Waals surface area contributed by atoms with Crippen LogP contribution in [0.4, 0.5) is 10.1 Å². The van der Waals surface area contributed by atoms with Crippen molar-refractivity contribution >= 4 is 33.2 Å². The van der Waals surface area contributed by atoms with Gasteiger partial charge in [-0.1, -0.05) is 11.6 Å². The molecule has 1 aromatic heterocycles. The maximum absolute atomic E-state index is 13.0. The van der Waals surface area contributed by atoms with Crippen LogP contribution in [0.25, 0.3) is 0 Å². The van der Waals surface area contributed by atoms with Crippen molar-refractivity contribution in [3.8, 4) is 11.6 Å². The Morgan fingerprint density at radius 2 is 1.70 bits per heavy atom. The van der Waals surface area contributed by atoms with E-state index in [1.54, 1.807) is 24.3 Å². The predicted octanol–water partition coefficient (Wildman–Crippen LogP) is 4.71. The zero-order valence-corrected chi connectivity index (χ0v) is 19.0. The van der Waals surface area contributed by atoms with Gasteiger partial charge < -0.3 is 10.1 Å². The lowest BCUT2D eigenvalue weighted by atomic mass is 9.97. The van der Waals surface area contributed by atoms with E-state index in [1.807, 2.05) is 0 Å². The maximum atomic E-state index is 13.0. The van der Waals surface area contributed by atoms with Crippen molar-refractivity contribution in [3.63, 3.8) is 0 Å². The number of ether oxygens (including phenoxy) is 1. The lowest BCUT2D eigenvalue weighted by molar-refractivity contribution is -0.120.